The number of halogens is 1. The molecule has 0 aliphatic carbocycles. The van der Waals surface area contributed by atoms with Crippen LogP contribution in [0.15, 0.2) is 37.8 Å². The van der Waals surface area contributed by atoms with Gasteiger partial charge in [-0.05, 0) is 48.1 Å². The number of aryl methyl sites for hydroxylation is 1. The van der Waals surface area contributed by atoms with Crippen LogP contribution in [0.5, 0.6) is 0 Å². The first kappa shape index (κ1) is 15.0. The summed E-state index contributed by atoms with van der Waals surface area (Å²) in [5, 5.41) is 5.17. The summed E-state index contributed by atoms with van der Waals surface area (Å²) in [6.07, 6.45) is 0. The van der Waals surface area contributed by atoms with E-state index >= 15 is 0 Å². The number of rotatable bonds is 5. The topological polar surface area (TPSA) is 29.3 Å². The van der Waals surface area contributed by atoms with Gasteiger partial charge in [-0.25, -0.2) is 4.98 Å². The Morgan fingerprint density at radius 3 is 2.76 bits per heavy atom. The van der Waals surface area contributed by atoms with Gasteiger partial charge in [0.05, 0.1) is 5.69 Å². The molecule has 3 aromatic heterocycles. The highest BCUT2D eigenvalue weighted by atomic mass is 79.9. The Hall–Kier alpha value is -0.950. The van der Waals surface area contributed by atoms with Crippen molar-refractivity contribution in [2.75, 3.05) is 7.05 Å². The number of nitrogens with zero attached hydrogens (tertiary/aromatic N) is 2. The summed E-state index contributed by atoms with van der Waals surface area (Å²) in [5.41, 5.74) is 1.09. The molecular formula is C15H15BrN2OS2. The molecule has 110 valence electrons. The predicted octanol–water partition coefficient (Wildman–Crippen LogP) is 5.17. The molecule has 0 atom stereocenters. The SMILES string of the molecule is Cc1ccc(-c2nc(CN(C)Cc3cc(Br)cs3)cs2)o1. The third-order valence-corrected chi connectivity index (χ3v) is 5.57. The molecule has 0 amide bonds. The van der Waals surface area contributed by atoms with Crippen molar-refractivity contribution in [1.82, 2.24) is 9.88 Å². The Kier molecular flexibility index (Phi) is 4.59. The van der Waals surface area contributed by atoms with Crippen molar-refractivity contribution in [3.05, 3.63) is 49.8 Å². The molecule has 0 saturated carbocycles. The van der Waals surface area contributed by atoms with E-state index in [4.69, 9.17) is 4.42 Å². The Bertz CT molecular complexity index is 731. The quantitative estimate of drug-likeness (QED) is 0.609. The summed E-state index contributed by atoms with van der Waals surface area (Å²) in [6, 6.07) is 6.11. The zero-order valence-electron chi connectivity index (χ0n) is 11.8. The van der Waals surface area contributed by atoms with E-state index in [1.807, 2.05) is 19.1 Å². The first-order valence-electron chi connectivity index (χ1n) is 6.53. The van der Waals surface area contributed by atoms with Gasteiger partial charge in [0.25, 0.3) is 0 Å². The van der Waals surface area contributed by atoms with Crippen LogP contribution in [0.1, 0.15) is 16.3 Å². The van der Waals surface area contributed by atoms with E-state index in [0.29, 0.717) is 0 Å². The van der Waals surface area contributed by atoms with E-state index < -0.39 is 0 Å². The molecule has 0 aromatic carbocycles. The van der Waals surface area contributed by atoms with Gasteiger partial charge >= 0.3 is 0 Å². The molecule has 0 fully saturated rings. The standard InChI is InChI=1S/C15H15BrN2OS2/c1-10-3-4-14(19-10)15-17-12(9-21-15)6-18(2)7-13-5-11(16)8-20-13/h3-5,8-9H,6-7H2,1-2H3. The van der Waals surface area contributed by atoms with Gasteiger partial charge in [0.2, 0.25) is 0 Å². The molecule has 0 bridgehead atoms. The Labute approximate surface area is 140 Å². The first-order chi connectivity index (χ1) is 10.1. The van der Waals surface area contributed by atoms with E-state index in [2.05, 4.69) is 49.7 Å². The van der Waals surface area contributed by atoms with Gasteiger partial charge in [0, 0.05) is 33.2 Å². The molecule has 0 saturated heterocycles. The molecule has 3 aromatic rings. The van der Waals surface area contributed by atoms with Crippen LogP contribution in [0.3, 0.4) is 0 Å². The molecule has 3 rings (SSSR count). The van der Waals surface area contributed by atoms with E-state index in [-0.39, 0.29) is 0 Å². The van der Waals surface area contributed by atoms with Crippen molar-refractivity contribution in [2.45, 2.75) is 20.0 Å². The monoisotopic (exact) mass is 382 g/mol. The number of hydrogen-bond donors (Lipinski definition) is 0. The van der Waals surface area contributed by atoms with Crippen molar-refractivity contribution in [1.29, 1.82) is 0 Å². The number of hydrogen-bond acceptors (Lipinski definition) is 5. The van der Waals surface area contributed by atoms with Gasteiger partial charge in [0.15, 0.2) is 10.8 Å². The fourth-order valence-corrected chi connectivity index (χ4v) is 4.38. The average molecular weight is 383 g/mol. The van der Waals surface area contributed by atoms with E-state index in [1.165, 1.54) is 4.88 Å². The van der Waals surface area contributed by atoms with Gasteiger partial charge in [-0.1, -0.05) is 0 Å². The average Bonchev–Trinajstić information content (AvgIpc) is 3.12. The normalized spacial score (nSPS) is 11.4. The minimum absolute atomic E-state index is 0.839. The summed E-state index contributed by atoms with van der Waals surface area (Å²) >= 11 is 6.89. The summed E-state index contributed by atoms with van der Waals surface area (Å²) in [5.74, 6) is 1.77. The zero-order valence-corrected chi connectivity index (χ0v) is 15.0. The van der Waals surface area contributed by atoms with Crippen LogP contribution in [-0.2, 0) is 13.1 Å². The highest BCUT2D eigenvalue weighted by Gasteiger charge is 2.10. The maximum atomic E-state index is 5.62. The molecule has 21 heavy (non-hydrogen) atoms. The maximum Gasteiger partial charge on any atom is 0.162 e. The summed E-state index contributed by atoms with van der Waals surface area (Å²) in [4.78, 5) is 8.27. The Morgan fingerprint density at radius 1 is 1.24 bits per heavy atom. The lowest BCUT2D eigenvalue weighted by Gasteiger charge is -2.13. The third kappa shape index (κ3) is 3.83. The van der Waals surface area contributed by atoms with Gasteiger partial charge in [-0.2, -0.15) is 0 Å². The van der Waals surface area contributed by atoms with Gasteiger partial charge in [0.1, 0.15) is 5.76 Å². The summed E-state index contributed by atoms with van der Waals surface area (Å²) in [6.45, 7) is 3.72. The highest BCUT2D eigenvalue weighted by molar-refractivity contribution is 9.10. The molecular weight excluding hydrogens is 368 g/mol. The second kappa shape index (κ2) is 6.44. The second-order valence-electron chi connectivity index (χ2n) is 4.96. The lowest BCUT2D eigenvalue weighted by molar-refractivity contribution is 0.318. The zero-order chi connectivity index (χ0) is 14.8. The van der Waals surface area contributed by atoms with Crippen LogP contribution in [0.25, 0.3) is 10.8 Å². The Morgan fingerprint density at radius 2 is 2.10 bits per heavy atom. The van der Waals surface area contributed by atoms with Crippen LogP contribution in [0.4, 0.5) is 0 Å². The minimum atomic E-state index is 0.839. The van der Waals surface area contributed by atoms with Crippen molar-refractivity contribution in [3.8, 4) is 10.8 Å². The number of thiazole rings is 1. The number of aromatic nitrogens is 1. The minimum Gasteiger partial charge on any atom is -0.459 e. The smallest absolute Gasteiger partial charge is 0.162 e. The van der Waals surface area contributed by atoms with E-state index in [9.17, 15) is 0 Å². The summed E-state index contributed by atoms with van der Waals surface area (Å²) < 4.78 is 6.77. The molecule has 3 heterocycles. The van der Waals surface area contributed by atoms with Crippen LogP contribution in [-0.4, -0.2) is 16.9 Å². The predicted molar refractivity (Wildman–Crippen MR) is 91.7 cm³/mol. The largest absolute Gasteiger partial charge is 0.459 e. The second-order valence-corrected chi connectivity index (χ2v) is 7.73. The molecule has 0 unspecified atom stereocenters. The first-order valence-corrected chi connectivity index (χ1v) is 9.08. The van der Waals surface area contributed by atoms with Crippen molar-refractivity contribution >= 4 is 38.6 Å². The Balaban J connectivity index is 1.64. The van der Waals surface area contributed by atoms with Crippen molar-refractivity contribution in [2.24, 2.45) is 0 Å². The molecule has 6 heteroatoms. The molecule has 0 aliphatic heterocycles. The molecule has 0 spiro atoms. The molecule has 3 nitrogen and oxygen atoms in total. The highest BCUT2D eigenvalue weighted by Crippen LogP contribution is 2.26. The van der Waals surface area contributed by atoms with Crippen molar-refractivity contribution < 1.29 is 4.42 Å². The lowest BCUT2D eigenvalue weighted by Crippen LogP contribution is -2.16. The fraction of sp³-hybridized carbons (Fsp3) is 0.267. The van der Waals surface area contributed by atoms with Crippen LogP contribution < -0.4 is 0 Å². The van der Waals surface area contributed by atoms with Gasteiger partial charge in [-0.3, -0.25) is 4.90 Å². The number of thiophene rings is 1. The third-order valence-electron chi connectivity index (χ3n) is 2.98. The van der Waals surface area contributed by atoms with Crippen LogP contribution in [0.2, 0.25) is 0 Å². The summed E-state index contributed by atoms with van der Waals surface area (Å²) in [7, 11) is 2.11. The maximum absolute atomic E-state index is 5.62. The lowest BCUT2D eigenvalue weighted by atomic mass is 10.4. The van der Waals surface area contributed by atoms with E-state index in [1.54, 1.807) is 22.7 Å². The van der Waals surface area contributed by atoms with Crippen LogP contribution >= 0.6 is 38.6 Å². The van der Waals surface area contributed by atoms with E-state index in [0.717, 1.165) is 39.8 Å². The number of furan rings is 1. The van der Waals surface area contributed by atoms with Crippen molar-refractivity contribution in [3.63, 3.8) is 0 Å². The molecule has 0 radical (unpaired) electrons. The molecule has 0 aliphatic rings. The van der Waals surface area contributed by atoms with Gasteiger partial charge in [-0.15, -0.1) is 22.7 Å². The fourth-order valence-electron chi connectivity index (χ4n) is 2.08. The van der Waals surface area contributed by atoms with Gasteiger partial charge < -0.3 is 4.42 Å². The molecule has 0 N–H and O–H groups in total. The van der Waals surface area contributed by atoms with Crippen LogP contribution in [0, 0.1) is 6.92 Å².